The van der Waals surface area contributed by atoms with E-state index in [4.69, 9.17) is 9.84 Å². The minimum atomic E-state index is -1.14. The fourth-order valence-corrected chi connectivity index (χ4v) is 2.68. The normalized spacial score (nSPS) is 15.2. The molecular formula is C21H16N2O6. The Morgan fingerprint density at radius 1 is 1.10 bits per heavy atom. The van der Waals surface area contributed by atoms with Crippen LogP contribution in [0.2, 0.25) is 0 Å². The van der Waals surface area contributed by atoms with Crippen molar-refractivity contribution < 1.29 is 29.0 Å². The Bertz CT molecular complexity index is 1040. The van der Waals surface area contributed by atoms with E-state index >= 15 is 0 Å². The zero-order chi connectivity index (χ0) is 21.0. The summed E-state index contributed by atoms with van der Waals surface area (Å²) in [5, 5.41) is 11.1. The Morgan fingerprint density at radius 2 is 1.79 bits per heavy atom. The second-order valence-corrected chi connectivity index (χ2v) is 5.95. The average molecular weight is 392 g/mol. The Hall–Kier alpha value is -4.20. The predicted molar refractivity (Wildman–Crippen MR) is 105 cm³/mol. The molecule has 2 aromatic rings. The molecular weight excluding hydrogens is 376 g/mol. The van der Waals surface area contributed by atoms with E-state index in [9.17, 15) is 19.2 Å². The van der Waals surface area contributed by atoms with E-state index in [0.29, 0.717) is 11.3 Å². The van der Waals surface area contributed by atoms with Gasteiger partial charge >= 0.3 is 12.0 Å². The third kappa shape index (κ3) is 4.06. The molecule has 8 heteroatoms. The van der Waals surface area contributed by atoms with Crippen molar-refractivity contribution in [2.24, 2.45) is 0 Å². The van der Waals surface area contributed by atoms with Crippen LogP contribution in [0.25, 0.3) is 6.08 Å². The van der Waals surface area contributed by atoms with Crippen molar-refractivity contribution in [2.75, 3.05) is 11.5 Å². The fourth-order valence-electron chi connectivity index (χ4n) is 2.68. The Balaban J connectivity index is 1.98. The number of ether oxygens (including phenoxy) is 1. The largest absolute Gasteiger partial charge is 0.489 e. The van der Waals surface area contributed by atoms with Crippen LogP contribution < -0.4 is 15.0 Å². The second kappa shape index (κ2) is 8.22. The van der Waals surface area contributed by atoms with Crippen LogP contribution in [0.15, 0.2) is 66.8 Å². The van der Waals surface area contributed by atoms with Crippen molar-refractivity contribution in [3.8, 4) is 5.75 Å². The van der Waals surface area contributed by atoms with Crippen LogP contribution in [0.1, 0.15) is 15.9 Å². The summed E-state index contributed by atoms with van der Waals surface area (Å²) in [6.45, 7) is 3.81. The number of carboxylic acid groups (broad SMARTS) is 1. The first-order valence-corrected chi connectivity index (χ1v) is 8.50. The number of carbonyl (C=O) groups excluding carboxylic acids is 3. The van der Waals surface area contributed by atoms with Gasteiger partial charge in [0.25, 0.3) is 11.8 Å². The van der Waals surface area contributed by atoms with E-state index in [1.807, 2.05) is 0 Å². The molecule has 1 fully saturated rings. The lowest BCUT2D eigenvalue weighted by molar-refractivity contribution is -0.122. The van der Waals surface area contributed by atoms with Gasteiger partial charge in [-0.3, -0.25) is 14.9 Å². The number of amides is 4. The van der Waals surface area contributed by atoms with Crippen LogP contribution in [0.4, 0.5) is 10.5 Å². The molecule has 1 heterocycles. The molecule has 0 aliphatic carbocycles. The number of imide groups is 2. The van der Waals surface area contributed by atoms with E-state index < -0.39 is 23.8 Å². The first kappa shape index (κ1) is 19.6. The monoisotopic (exact) mass is 392 g/mol. The molecule has 1 aliphatic heterocycles. The van der Waals surface area contributed by atoms with Crippen LogP contribution >= 0.6 is 0 Å². The van der Waals surface area contributed by atoms with Gasteiger partial charge in [-0.05, 0) is 36.4 Å². The molecule has 0 aromatic heterocycles. The van der Waals surface area contributed by atoms with Gasteiger partial charge in [0.05, 0.1) is 11.3 Å². The SMILES string of the molecule is C=CCOc1ccccc1/C=C1\C(=O)NC(=O)N(c2ccc(C(=O)O)cc2)C1=O. The molecule has 0 bridgehead atoms. The average Bonchev–Trinajstić information content (AvgIpc) is 2.70. The summed E-state index contributed by atoms with van der Waals surface area (Å²) >= 11 is 0. The molecule has 2 aromatic carbocycles. The number of anilines is 1. The highest BCUT2D eigenvalue weighted by molar-refractivity contribution is 6.39. The van der Waals surface area contributed by atoms with Crippen LogP contribution in [0.3, 0.4) is 0 Å². The number of nitrogens with zero attached hydrogens (tertiary/aromatic N) is 1. The number of aromatic carboxylic acids is 1. The second-order valence-electron chi connectivity index (χ2n) is 5.95. The number of nitrogens with one attached hydrogen (secondary N) is 1. The number of carbonyl (C=O) groups is 4. The minimum absolute atomic E-state index is 0.00115. The van der Waals surface area contributed by atoms with Gasteiger partial charge in [-0.2, -0.15) is 0 Å². The molecule has 3 rings (SSSR count). The minimum Gasteiger partial charge on any atom is -0.489 e. The highest BCUT2D eigenvalue weighted by Crippen LogP contribution is 2.25. The molecule has 29 heavy (non-hydrogen) atoms. The number of hydrogen-bond acceptors (Lipinski definition) is 5. The molecule has 0 spiro atoms. The topological polar surface area (TPSA) is 113 Å². The maximum absolute atomic E-state index is 12.9. The molecule has 2 N–H and O–H groups in total. The lowest BCUT2D eigenvalue weighted by Crippen LogP contribution is -2.54. The fraction of sp³-hybridized carbons (Fsp3) is 0.0476. The smallest absolute Gasteiger partial charge is 0.335 e. The van der Waals surface area contributed by atoms with Gasteiger partial charge in [-0.25, -0.2) is 14.5 Å². The maximum Gasteiger partial charge on any atom is 0.335 e. The van der Waals surface area contributed by atoms with E-state index in [2.05, 4.69) is 11.9 Å². The number of barbiturate groups is 1. The van der Waals surface area contributed by atoms with E-state index in [1.165, 1.54) is 30.3 Å². The molecule has 0 unspecified atom stereocenters. The molecule has 4 amide bonds. The van der Waals surface area contributed by atoms with E-state index in [1.54, 1.807) is 30.3 Å². The lowest BCUT2D eigenvalue weighted by atomic mass is 10.1. The van der Waals surface area contributed by atoms with Crippen molar-refractivity contribution in [1.82, 2.24) is 5.32 Å². The van der Waals surface area contributed by atoms with Crippen molar-refractivity contribution in [1.29, 1.82) is 0 Å². The number of benzene rings is 2. The lowest BCUT2D eigenvalue weighted by Gasteiger charge is -2.26. The summed E-state index contributed by atoms with van der Waals surface area (Å²) in [7, 11) is 0. The highest BCUT2D eigenvalue weighted by Gasteiger charge is 2.37. The number of para-hydroxylation sites is 1. The maximum atomic E-state index is 12.9. The van der Waals surface area contributed by atoms with E-state index in [-0.39, 0.29) is 23.4 Å². The van der Waals surface area contributed by atoms with Crippen molar-refractivity contribution in [3.05, 3.63) is 77.9 Å². The van der Waals surface area contributed by atoms with Gasteiger partial charge in [0.2, 0.25) is 0 Å². The molecule has 8 nitrogen and oxygen atoms in total. The summed E-state index contributed by atoms with van der Waals surface area (Å²) in [6.07, 6.45) is 2.89. The van der Waals surface area contributed by atoms with Crippen LogP contribution in [-0.4, -0.2) is 35.5 Å². The number of urea groups is 1. The van der Waals surface area contributed by atoms with Gasteiger partial charge in [0.1, 0.15) is 17.9 Å². The first-order valence-electron chi connectivity index (χ1n) is 8.50. The quantitative estimate of drug-likeness (QED) is 0.444. The third-order valence-electron chi connectivity index (χ3n) is 4.05. The Morgan fingerprint density at radius 3 is 2.45 bits per heavy atom. The predicted octanol–water partition coefficient (Wildman–Crippen LogP) is 2.62. The van der Waals surface area contributed by atoms with Crippen LogP contribution in [-0.2, 0) is 9.59 Å². The highest BCUT2D eigenvalue weighted by atomic mass is 16.5. The molecule has 0 saturated carbocycles. The van der Waals surface area contributed by atoms with Gasteiger partial charge in [-0.15, -0.1) is 0 Å². The summed E-state index contributed by atoms with van der Waals surface area (Å²) in [6, 6.07) is 11.0. The zero-order valence-corrected chi connectivity index (χ0v) is 15.1. The summed E-state index contributed by atoms with van der Waals surface area (Å²) in [5.74, 6) is -2.37. The number of hydrogen-bond donors (Lipinski definition) is 2. The van der Waals surface area contributed by atoms with Crippen molar-refractivity contribution in [3.63, 3.8) is 0 Å². The molecule has 0 radical (unpaired) electrons. The van der Waals surface area contributed by atoms with Gasteiger partial charge in [0, 0.05) is 5.56 Å². The van der Waals surface area contributed by atoms with Crippen LogP contribution in [0.5, 0.6) is 5.75 Å². The summed E-state index contributed by atoms with van der Waals surface area (Å²) < 4.78 is 5.52. The number of rotatable bonds is 6. The van der Waals surface area contributed by atoms with Crippen molar-refractivity contribution >= 4 is 35.6 Å². The van der Waals surface area contributed by atoms with Gasteiger partial charge in [0.15, 0.2) is 0 Å². The Kier molecular flexibility index (Phi) is 5.54. The third-order valence-corrected chi connectivity index (χ3v) is 4.05. The van der Waals surface area contributed by atoms with Crippen LogP contribution in [0, 0.1) is 0 Å². The summed E-state index contributed by atoms with van der Waals surface area (Å²) in [4.78, 5) is 49.2. The standard InChI is InChI=1S/C21H16N2O6/c1-2-11-29-17-6-4-3-5-14(17)12-16-18(24)22-21(28)23(19(16)25)15-9-7-13(8-10-15)20(26)27/h2-10,12H,1,11H2,(H,26,27)(H,22,24,28)/b16-12+. The van der Waals surface area contributed by atoms with Gasteiger partial charge in [-0.1, -0.05) is 30.9 Å². The summed E-state index contributed by atoms with van der Waals surface area (Å²) in [5.41, 5.74) is 0.343. The van der Waals surface area contributed by atoms with Crippen molar-refractivity contribution in [2.45, 2.75) is 0 Å². The van der Waals surface area contributed by atoms with E-state index in [0.717, 1.165) is 4.90 Å². The Labute approximate surface area is 165 Å². The molecule has 1 saturated heterocycles. The van der Waals surface area contributed by atoms with Gasteiger partial charge < -0.3 is 9.84 Å². The zero-order valence-electron chi connectivity index (χ0n) is 15.1. The molecule has 146 valence electrons. The first-order chi connectivity index (χ1) is 13.9. The molecule has 0 atom stereocenters. The number of carboxylic acids is 1. The molecule has 1 aliphatic rings.